The first kappa shape index (κ1) is 30.7. The first-order chi connectivity index (χ1) is 27.8. The van der Waals surface area contributed by atoms with Gasteiger partial charge in [-0.3, -0.25) is 4.57 Å². The minimum Gasteiger partial charge on any atom is -0.456 e. The van der Waals surface area contributed by atoms with Crippen LogP contribution < -0.4 is 0 Å². The topological polar surface area (TPSA) is 53.7 Å². The molecule has 0 saturated carbocycles. The Morgan fingerprint density at radius 1 is 0.321 bits per heavy atom. The van der Waals surface area contributed by atoms with Gasteiger partial charge in [0.25, 0.3) is 0 Å². The summed E-state index contributed by atoms with van der Waals surface area (Å²) in [5, 5.41) is 16.5. The largest absolute Gasteiger partial charge is 0.456 e. The van der Waals surface area contributed by atoms with Crippen molar-refractivity contribution in [2.24, 2.45) is 0 Å². The first-order valence-corrected chi connectivity index (χ1v) is 18.8. The second kappa shape index (κ2) is 11.9. The summed E-state index contributed by atoms with van der Waals surface area (Å²) in [5.41, 5.74) is 11.4. The van der Waals surface area contributed by atoms with Gasteiger partial charge in [-0.15, -0.1) is 10.2 Å². The summed E-state index contributed by atoms with van der Waals surface area (Å²) < 4.78 is 13.4. The van der Waals surface area contributed by atoms with Crippen molar-refractivity contribution in [2.75, 3.05) is 0 Å². The lowest BCUT2D eigenvalue weighted by atomic mass is 10.1. The number of benzene rings is 8. The molecule has 262 valence electrons. The van der Waals surface area contributed by atoms with Gasteiger partial charge < -0.3 is 13.6 Å². The average Bonchev–Trinajstić information content (AvgIpc) is 4.03. The Bertz CT molecular complexity index is 3420. The maximum Gasteiger partial charge on any atom is 0.168 e. The molecule has 0 aliphatic heterocycles. The van der Waals surface area contributed by atoms with E-state index in [1.54, 1.807) is 0 Å². The fraction of sp³-hybridized carbons (Fsp3) is 0. The van der Waals surface area contributed by atoms with Gasteiger partial charge in [-0.05, 0) is 54.6 Å². The van der Waals surface area contributed by atoms with E-state index in [-0.39, 0.29) is 0 Å². The first-order valence-electron chi connectivity index (χ1n) is 18.8. The average molecular weight is 718 g/mol. The number of fused-ring (bicyclic) bond motifs is 9. The monoisotopic (exact) mass is 717 g/mol. The highest BCUT2D eigenvalue weighted by Crippen LogP contribution is 2.41. The maximum absolute atomic E-state index is 6.45. The summed E-state index contributed by atoms with van der Waals surface area (Å²) >= 11 is 0. The van der Waals surface area contributed by atoms with Crippen molar-refractivity contribution < 1.29 is 4.42 Å². The zero-order valence-corrected chi connectivity index (χ0v) is 30.0. The minimum atomic E-state index is 0.794. The Kier molecular flexibility index (Phi) is 6.53. The van der Waals surface area contributed by atoms with Crippen molar-refractivity contribution in [1.82, 2.24) is 23.9 Å². The SMILES string of the molecule is c1ccc(-c2nnc(-c3ccccc3)n2-c2ccc3c(c2)c2ccccc2n3-c2ccccc2-n2c3ccccc3c3cc4c(cc32)oc2ccccc24)cc1. The molecule has 56 heavy (non-hydrogen) atoms. The molecule has 12 rings (SSSR count). The van der Waals surface area contributed by atoms with Crippen LogP contribution in [0.15, 0.2) is 192 Å². The molecule has 0 radical (unpaired) electrons. The summed E-state index contributed by atoms with van der Waals surface area (Å²) in [4.78, 5) is 0. The Morgan fingerprint density at radius 3 is 1.46 bits per heavy atom. The number of aromatic nitrogens is 5. The van der Waals surface area contributed by atoms with E-state index in [4.69, 9.17) is 14.6 Å². The lowest BCUT2D eigenvalue weighted by Gasteiger charge is -2.17. The van der Waals surface area contributed by atoms with Gasteiger partial charge in [0.2, 0.25) is 0 Å². The van der Waals surface area contributed by atoms with Crippen LogP contribution in [-0.4, -0.2) is 23.9 Å². The molecule has 8 aromatic carbocycles. The predicted molar refractivity (Wildman–Crippen MR) is 228 cm³/mol. The normalized spacial score (nSPS) is 11.9. The zero-order chi connectivity index (χ0) is 36.7. The van der Waals surface area contributed by atoms with Gasteiger partial charge in [0.05, 0.1) is 39.1 Å². The van der Waals surface area contributed by atoms with Gasteiger partial charge in [0.1, 0.15) is 11.2 Å². The van der Waals surface area contributed by atoms with Crippen molar-refractivity contribution in [2.45, 2.75) is 0 Å². The van der Waals surface area contributed by atoms with Gasteiger partial charge in [-0.25, -0.2) is 0 Å². The van der Waals surface area contributed by atoms with Crippen LogP contribution in [0.3, 0.4) is 0 Å². The molecule has 0 aliphatic carbocycles. The van der Waals surface area contributed by atoms with Gasteiger partial charge in [0, 0.05) is 49.5 Å². The molecule has 6 heteroatoms. The molecule has 0 bridgehead atoms. The molecule has 0 unspecified atom stereocenters. The number of rotatable bonds is 5. The Balaban J connectivity index is 1.12. The Morgan fingerprint density at radius 2 is 0.821 bits per heavy atom. The van der Waals surface area contributed by atoms with Gasteiger partial charge in [-0.2, -0.15) is 0 Å². The molecule has 0 aliphatic rings. The molecule has 0 spiro atoms. The van der Waals surface area contributed by atoms with E-state index in [9.17, 15) is 0 Å². The molecule has 12 aromatic rings. The second-order valence-electron chi connectivity index (χ2n) is 14.3. The quantitative estimate of drug-likeness (QED) is 0.178. The van der Waals surface area contributed by atoms with Crippen molar-refractivity contribution in [3.05, 3.63) is 188 Å². The standard InChI is InChI=1S/C50H31N5O/c1-3-15-32(16-4-1)49-51-52-50(33-17-5-2-6-18-33)53(49)34-27-28-43-38(29-34)35-19-7-10-22-41(35)54(43)44-24-12-13-25-45(44)55-42-23-11-8-20-36(42)39-30-40-37-21-9-14-26-47(37)56-48(40)31-46(39)55/h1-31H. The van der Waals surface area contributed by atoms with Gasteiger partial charge in [0.15, 0.2) is 11.6 Å². The lowest BCUT2D eigenvalue weighted by molar-refractivity contribution is 0.669. The molecule has 0 amide bonds. The van der Waals surface area contributed by atoms with E-state index in [1.165, 1.54) is 16.2 Å². The number of nitrogens with zero attached hydrogens (tertiary/aromatic N) is 5. The van der Waals surface area contributed by atoms with Crippen molar-refractivity contribution in [1.29, 1.82) is 0 Å². The molecular formula is C50H31N5O. The van der Waals surface area contributed by atoms with E-state index in [2.05, 4.69) is 153 Å². The summed E-state index contributed by atoms with van der Waals surface area (Å²) in [6.07, 6.45) is 0. The molecule has 0 N–H and O–H groups in total. The summed E-state index contributed by atoms with van der Waals surface area (Å²) in [6, 6.07) is 66.2. The highest BCUT2D eigenvalue weighted by molar-refractivity contribution is 6.18. The fourth-order valence-corrected chi connectivity index (χ4v) is 8.73. The maximum atomic E-state index is 6.45. The summed E-state index contributed by atoms with van der Waals surface area (Å²) in [5.74, 6) is 1.59. The highest BCUT2D eigenvalue weighted by atomic mass is 16.3. The van der Waals surface area contributed by atoms with Crippen LogP contribution in [0.25, 0.3) is 105 Å². The van der Waals surface area contributed by atoms with E-state index >= 15 is 0 Å². The molecule has 4 aromatic heterocycles. The molecule has 0 saturated heterocycles. The number of para-hydroxylation sites is 5. The van der Waals surface area contributed by atoms with Crippen LogP contribution in [-0.2, 0) is 0 Å². The van der Waals surface area contributed by atoms with Gasteiger partial charge >= 0.3 is 0 Å². The van der Waals surface area contributed by atoms with Crippen LogP contribution in [0.1, 0.15) is 0 Å². The third-order valence-corrected chi connectivity index (χ3v) is 11.2. The zero-order valence-electron chi connectivity index (χ0n) is 30.0. The number of hydrogen-bond donors (Lipinski definition) is 0. The highest BCUT2D eigenvalue weighted by Gasteiger charge is 2.22. The third kappa shape index (κ3) is 4.44. The van der Waals surface area contributed by atoms with Crippen LogP contribution in [0.2, 0.25) is 0 Å². The van der Waals surface area contributed by atoms with Gasteiger partial charge in [-0.1, -0.05) is 127 Å². The van der Waals surface area contributed by atoms with E-state index in [0.29, 0.717) is 0 Å². The lowest BCUT2D eigenvalue weighted by Crippen LogP contribution is -2.03. The number of furan rings is 1. The van der Waals surface area contributed by atoms with E-state index in [0.717, 1.165) is 89.2 Å². The fourth-order valence-electron chi connectivity index (χ4n) is 8.73. The van der Waals surface area contributed by atoms with Crippen molar-refractivity contribution in [3.63, 3.8) is 0 Å². The van der Waals surface area contributed by atoms with Crippen molar-refractivity contribution in [3.8, 4) is 39.8 Å². The molecule has 0 atom stereocenters. The molecule has 6 nitrogen and oxygen atoms in total. The minimum absolute atomic E-state index is 0.794. The second-order valence-corrected chi connectivity index (χ2v) is 14.3. The van der Waals surface area contributed by atoms with Crippen LogP contribution in [0.5, 0.6) is 0 Å². The van der Waals surface area contributed by atoms with Crippen molar-refractivity contribution >= 4 is 65.6 Å². The molecule has 0 fully saturated rings. The summed E-state index contributed by atoms with van der Waals surface area (Å²) in [7, 11) is 0. The van der Waals surface area contributed by atoms with E-state index in [1.807, 2.05) is 48.5 Å². The Labute approximate surface area is 320 Å². The molecular weight excluding hydrogens is 687 g/mol. The molecule has 4 heterocycles. The van der Waals surface area contributed by atoms with Crippen LogP contribution in [0.4, 0.5) is 0 Å². The smallest absolute Gasteiger partial charge is 0.168 e. The van der Waals surface area contributed by atoms with Crippen LogP contribution in [0, 0.1) is 0 Å². The number of hydrogen-bond acceptors (Lipinski definition) is 3. The third-order valence-electron chi connectivity index (χ3n) is 11.2. The van der Waals surface area contributed by atoms with E-state index < -0.39 is 0 Å². The predicted octanol–water partition coefficient (Wildman–Crippen LogP) is 12.7. The summed E-state index contributed by atoms with van der Waals surface area (Å²) in [6.45, 7) is 0. The van der Waals surface area contributed by atoms with Crippen LogP contribution >= 0.6 is 0 Å². The Hall–Kier alpha value is -7.70.